The molecule has 1 aliphatic rings. The van der Waals surface area contributed by atoms with Crippen LogP contribution in [0.5, 0.6) is 0 Å². The Hall–Kier alpha value is 0.709. The molecule has 0 saturated carbocycles. The molecule has 3 heteroatoms. The molecule has 0 aromatic rings. The molecular formula is C10H20Cl2Ir. The molecule has 0 aromatic carbocycles. The normalized spacial score (nSPS) is 30.4. The Kier molecular flexibility index (Phi) is 1.24. The van der Waals surface area contributed by atoms with Crippen molar-refractivity contribution in [3.8, 4) is 0 Å². The first kappa shape index (κ1) is 11.8. The Bertz CT molecular complexity index is 320. The van der Waals surface area contributed by atoms with E-state index in [4.69, 9.17) is 19.2 Å². The zero-order chi connectivity index (χ0) is 10.8. The molecule has 1 rings (SSSR count). The zero-order valence-corrected chi connectivity index (χ0v) is 12.9. The first-order valence-corrected chi connectivity index (χ1v) is 23.1. The van der Waals surface area contributed by atoms with Crippen molar-refractivity contribution in [1.29, 1.82) is 0 Å². The third-order valence-electron chi connectivity index (χ3n) is 1.96. The number of allylic oxidation sites excluding steroid dienone is 4. The van der Waals surface area contributed by atoms with Crippen LogP contribution in [0.1, 0.15) is 0 Å². The fourth-order valence-corrected chi connectivity index (χ4v) is 8.56. The van der Waals surface area contributed by atoms with Crippen molar-refractivity contribution in [3.63, 3.8) is 0 Å². The van der Waals surface area contributed by atoms with Crippen LogP contribution in [0.2, 0.25) is 31.6 Å². The van der Waals surface area contributed by atoms with E-state index >= 15 is 0 Å². The fraction of sp³-hybridized carbons (Fsp3) is 0.600. The maximum absolute atomic E-state index is 6.99. The van der Waals surface area contributed by atoms with E-state index in [2.05, 4.69) is 12.2 Å². The minimum atomic E-state index is -4.75. The molecule has 0 aromatic heterocycles. The van der Waals surface area contributed by atoms with Crippen LogP contribution in [-0.4, -0.2) is 0 Å². The second-order valence-electron chi connectivity index (χ2n) is 6.93. The van der Waals surface area contributed by atoms with E-state index < -0.39 is 8.44 Å². The molecule has 0 heterocycles. The zero-order valence-electron chi connectivity index (χ0n) is 8.98. The Morgan fingerprint density at radius 1 is 0.846 bits per heavy atom. The summed E-state index contributed by atoms with van der Waals surface area (Å²) in [7, 11) is 9.23. The van der Waals surface area contributed by atoms with Gasteiger partial charge in [-0.3, -0.25) is 0 Å². The predicted octanol–water partition coefficient (Wildman–Crippen LogP) is 5.75. The molecule has 0 saturated heterocycles. The van der Waals surface area contributed by atoms with Crippen LogP contribution in [0.3, 0.4) is 0 Å². The average molecular weight is 403 g/mol. The molecule has 0 fully saturated rings. The summed E-state index contributed by atoms with van der Waals surface area (Å²) in [5, 5.41) is 0. The minimum absolute atomic E-state index is 0.135. The van der Waals surface area contributed by atoms with Gasteiger partial charge in [-0.2, -0.15) is 0 Å². The molecular weight excluding hydrogens is 383 g/mol. The average Bonchev–Trinajstić information content (AvgIpc) is 1.97. The number of hydrogen-bond donors (Lipinski definition) is 0. The molecule has 0 unspecified atom stereocenters. The molecule has 83 valence electrons. The van der Waals surface area contributed by atoms with Gasteiger partial charge in [0.05, 0.1) is 0 Å². The van der Waals surface area contributed by atoms with Gasteiger partial charge in [-0.05, 0) is 0 Å². The van der Waals surface area contributed by atoms with E-state index in [9.17, 15) is 0 Å². The van der Waals surface area contributed by atoms with E-state index in [0.29, 0.717) is 0 Å². The van der Waals surface area contributed by atoms with Gasteiger partial charge >= 0.3 is 83.5 Å². The molecule has 0 atom stereocenters. The van der Waals surface area contributed by atoms with Crippen molar-refractivity contribution in [2.24, 2.45) is 0 Å². The number of rotatable bonds is 1. The van der Waals surface area contributed by atoms with E-state index in [1.54, 1.807) is 0 Å². The van der Waals surface area contributed by atoms with Crippen LogP contribution in [0.15, 0.2) is 24.3 Å². The quantitative estimate of drug-likeness (QED) is 0.523. The number of halogens is 2. The Balaban J connectivity index is 3.63. The summed E-state index contributed by atoms with van der Waals surface area (Å²) in [6.07, 6.45) is 8.22. The van der Waals surface area contributed by atoms with E-state index in [1.165, 1.54) is 0 Å². The van der Waals surface area contributed by atoms with Crippen LogP contribution in [0.4, 0.5) is 0 Å². The van der Waals surface area contributed by atoms with Gasteiger partial charge in [0.1, 0.15) is 0 Å². The van der Waals surface area contributed by atoms with Crippen molar-refractivity contribution < 1.29 is 8.44 Å². The van der Waals surface area contributed by atoms with Crippen LogP contribution in [0, 0.1) is 0 Å². The molecule has 1 aliphatic carbocycles. The first-order chi connectivity index (χ1) is 5.00. The van der Waals surface area contributed by atoms with E-state index in [-0.39, 0.29) is 4.43 Å². The molecule has 0 spiro atoms. The second-order valence-corrected chi connectivity index (χ2v) is 76.0. The van der Waals surface area contributed by atoms with Crippen molar-refractivity contribution in [1.82, 2.24) is 0 Å². The van der Waals surface area contributed by atoms with Crippen molar-refractivity contribution in [2.75, 3.05) is 0 Å². The topological polar surface area (TPSA) is 0 Å². The molecule has 0 radical (unpaired) electrons. The molecule has 0 N–H and O–H groups in total. The monoisotopic (exact) mass is 403 g/mol. The van der Waals surface area contributed by atoms with Crippen LogP contribution in [0.25, 0.3) is 0 Å². The number of hydrogen-bond acceptors (Lipinski definition) is 0. The summed E-state index contributed by atoms with van der Waals surface area (Å²) in [6, 6.07) is 0. The first-order valence-electron chi connectivity index (χ1n) is 3.78. The molecule has 0 nitrogen and oxygen atoms in total. The van der Waals surface area contributed by atoms with E-state index in [1.807, 2.05) is 39.3 Å². The van der Waals surface area contributed by atoms with Gasteiger partial charge in [0, 0.05) is 0 Å². The van der Waals surface area contributed by atoms with Gasteiger partial charge < -0.3 is 0 Å². The van der Waals surface area contributed by atoms with Crippen molar-refractivity contribution in [3.05, 3.63) is 24.3 Å². The van der Waals surface area contributed by atoms with Crippen molar-refractivity contribution >= 4 is 19.2 Å². The summed E-state index contributed by atoms with van der Waals surface area (Å²) in [5.41, 5.74) is 10.2. The summed E-state index contributed by atoms with van der Waals surface area (Å²) in [5.74, 6) is 0. The predicted molar refractivity (Wildman–Crippen MR) is 63.1 cm³/mol. The third kappa shape index (κ3) is 3.09. The summed E-state index contributed by atoms with van der Waals surface area (Å²) in [4.78, 5) is 0. The Labute approximate surface area is 83.2 Å². The summed E-state index contributed by atoms with van der Waals surface area (Å²) >= 11 is 0. The second kappa shape index (κ2) is 1.37. The maximum atomic E-state index is 6.99. The van der Waals surface area contributed by atoms with Crippen LogP contribution in [-0.2, 0) is 8.44 Å². The van der Waals surface area contributed by atoms with Crippen LogP contribution < -0.4 is 0 Å². The van der Waals surface area contributed by atoms with Gasteiger partial charge in [0.2, 0.25) is 0 Å². The third-order valence-corrected chi connectivity index (χ3v) is 14.8. The van der Waals surface area contributed by atoms with Gasteiger partial charge in [0.15, 0.2) is 0 Å². The molecule has 0 aliphatic heterocycles. The van der Waals surface area contributed by atoms with Crippen LogP contribution >= 0.6 is 19.2 Å². The molecule has 0 amide bonds. The van der Waals surface area contributed by atoms with Crippen molar-refractivity contribution in [2.45, 2.75) is 31.6 Å². The fourth-order valence-electron chi connectivity index (χ4n) is 1.13. The summed E-state index contributed by atoms with van der Waals surface area (Å²) < 4.78 is 0.135. The van der Waals surface area contributed by atoms with E-state index in [0.717, 1.165) is 0 Å². The summed E-state index contributed by atoms with van der Waals surface area (Å²) in [6.45, 7) is 0. The van der Waals surface area contributed by atoms with Gasteiger partial charge in [0.25, 0.3) is 0 Å². The standard InChI is InChI=1S/C5H5.5CH3.2ClH.Ir/c1-2-4-5-3-1;;;;;;;;/h1-5H;5*1H3;2*1H;/q;;;;;;;;+2/p-2. The molecule has 0 bridgehead atoms. The molecule has 13 heavy (non-hydrogen) atoms. The van der Waals surface area contributed by atoms with Gasteiger partial charge in [-0.15, -0.1) is 0 Å². The van der Waals surface area contributed by atoms with Gasteiger partial charge in [-0.25, -0.2) is 0 Å². The SMILES string of the molecule is [CH3][Ir]([CH3])([CH3])([CH3])([CH3])([Cl])([Cl])[CH]1C=CC=C1. The van der Waals surface area contributed by atoms with Gasteiger partial charge in [-0.1, -0.05) is 0 Å². The Morgan fingerprint density at radius 2 is 1.15 bits per heavy atom. The Morgan fingerprint density at radius 3 is 1.31 bits per heavy atom.